The molecule has 1 aliphatic carbocycles. The first-order chi connectivity index (χ1) is 22.8. The molecular weight excluding hydrogens is 649 g/mol. The molecule has 0 bridgehead atoms. The summed E-state index contributed by atoms with van der Waals surface area (Å²) in [6.07, 6.45) is 7.24. The molecule has 4 aliphatic rings. The van der Waals surface area contributed by atoms with E-state index >= 15 is 0 Å². The molecule has 3 aliphatic heterocycles. The maximum absolute atomic E-state index is 13.4. The quantitative estimate of drug-likeness (QED) is 0.280. The number of likely N-dealkylation sites (tertiary alicyclic amines) is 2. The highest BCUT2D eigenvalue weighted by Gasteiger charge is 2.52. The van der Waals surface area contributed by atoms with Gasteiger partial charge in [0.05, 0.1) is 5.56 Å². The van der Waals surface area contributed by atoms with E-state index < -0.39 is 30.3 Å². The molecule has 1 N–H and O–H groups in total. The van der Waals surface area contributed by atoms with Gasteiger partial charge in [-0.15, -0.1) is 11.3 Å². The number of carbonyl (C=O) groups excluding carboxylic acids is 4. The van der Waals surface area contributed by atoms with Crippen LogP contribution in [0.3, 0.4) is 0 Å². The van der Waals surface area contributed by atoms with Crippen LogP contribution >= 0.6 is 11.3 Å². The van der Waals surface area contributed by atoms with Crippen molar-refractivity contribution in [2.24, 2.45) is 11.8 Å². The molecule has 3 amide bonds. The zero-order valence-electron chi connectivity index (χ0n) is 28.1. The van der Waals surface area contributed by atoms with Crippen molar-refractivity contribution in [3.8, 4) is 0 Å². The zero-order valence-corrected chi connectivity index (χ0v) is 28.9. The molecule has 3 saturated heterocycles. The van der Waals surface area contributed by atoms with Gasteiger partial charge in [0, 0.05) is 63.6 Å². The van der Waals surface area contributed by atoms with Crippen LogP contribution in [0.4, 0.5) is 23.0 Å². The molecule has 1 saturated carbocycles. The first kappa shape index (κ1) is 36.4. The van der Waals surface area contributed by atoms with Crippen LogP contribution in [-0.4, -0.2) is 102 Å². The van der Waals surface area contributed by atoms with Crippen LogP contribution in [0.25, 0.3) is 0 Å². The van der Waals surface area contributed by atoms with E-state index in [4.69, 9.17) is 4.74 Å². The van der Waals surface area contributed by atoms with Gasteiger partial charge in [0.15, 0.2) is 6.61 Å². The third kappa shape index (κ3) is 8.46. The van der Waals surface area contributed by atoms with Gasteiger partial charge < -0.3 is 24.6 Å². The number of esters is 1. The number of thiophene rings is 1. The molecule has 5 rings (SSSR count). The summed E-state index contributed by atoms with van der Waals surface area (Å²) in [5.74, 6) is -2.78. The molecule has 0 radical (unpaired) electrons. The standard InChI is InChI=1S/C34H49F3N4O6S/c1-3-4-10-25-22-40(21-24-8-6-5-7-9-24)31(45)47-33(25)14-18-41(19-15-33)32(2)12-16-39(17-13-32)29(43)26-11-20-48-28(26)38-27(42)23-46-30(44)34(35,36)37/h11,20,24-25H,3-10,12-19,21-23H2,1-2H3,(H,38,42). The summed E-state index contributed by atoms with van der Waals surface area (Å²) in [6, 6.07) is 1.57. The van der Waals surface area contributed by atoms with E-state index in [1.807, 2.05) is 4.90 Å². The van der Waals surface area contributed by atoms with Crippen molar-refractivity contribution in [2.45, 2.75) is 108 Å². The second-order valence-corrected chi connectivity index (χ2v) is 15.2. The summed E-state index contributed by atoms with van der Waals surface area (Å²) in [6.45, 7) is 7.59. The van der Waals surface area contributed by atoms with Crippen molar-refractivity contribution in [1.29, 1.82) is 0 Å². The number of hydrogen-bond acceptors (Lipinski definition) is 8. The molecular formula is C34H49F3N4O6S. The number of alkyl halides is 3. The Bertz CT molecular complexity index is 1300. The largest absolute Gasteiger partial charge is 0.490 e. The SMILES string of the molecule is CCCCC1CN(CC2CCCCC2)C(=O)OC12CCN(C1(C)CCN(C(=O)c3ccsc3NC(=O)COC(=O)C(F)(F)F)CC1)CC2. The molecule has 1 spiro atoms. The van der Waals surface area contributed by atoms with Gasteiger partial charge in [-0.1, -0.05) is 39.0 Å². The van der Waals surface area contributed by atoms with Crippen molar-refractivity contribution < 1.29 is 41.8 Å². The molecule has 4 fully saturated rings. The molecule has 1 aromatic heterocycles. The Kier molecular flexibility index (Phi) is 11.6. The first-order valence-corrected chi connectivity index (χ1v) is 18.3. The Balaban J connectivity index is 1.14. The summed E-state index contributed by atoms with van der Waals surface area (Å²) in [5.41, 5.74) is -0.311. The summed E-state index contributed by atoms with van der Waals surface area (Å²) < 4.78 is 47.6. The first-order valence-electron chi connectivity index (χ1n) is 17.5. The zero-order chi connectivity index (χ0) is 34.5. The summed E-state index contributed by atoms with van der Waals surface area (Å²) in [7, 11) is 0. The lowest BCUT2D eigenvalue weighted by molar-refractivity contribution is -0.199. The number of rotatable bonds is 10. The van der Waals surface area contributed by atoms with Gasteiger partial charge in [-0.05, 0) is 56.4 Å². The van der Waals surface area contributed by atoms with Crippen LogP contribution in [0.2, 0.25) is 0 Å². The number of amides is 3. The molecule has 48 heavy (non-hydrogen) atoms. The lowest BCUT2D eigenvalue weighted by Gasteiger charge is -2.55. The van der Waals surface area contributed by atoms with Gasteiger partial charge in [0.25, 0.3) is 11.8 Å². The highest BCUT2D eigenvalue weighted by atomic mass is 32.1. The van der Waals surface area contributed by atoms with Crippen molar-refractivity contribution in [1.82, 2.24) is 14.7 Å². The molecule has 1 atom stereocenters. The number of anilines is 1. The smallest absolute Gasteiger partial charge is 0.449 e. The van der Waals surface area contributed by atoms with E-state index in [1.165, 1.54) is 32.1 Å². The minimum atomic E-state index is -5.20. The summed E-state index contributed by atoms with van der Waals surface area (Å²) in [5, 5.41) is 4.20. The fraction of sp³-hybridized carbons (Fsp3) is 0.765. The normalized spacial score (nSPS) is 23.5. The van der Waals surface area contributed by atoms with Gasteiger partial charge in [-0.3, -0.25) is 14.5 Å². The highest BCUT2D eigenvalue weighted by Crippen LogP contribution is 2.44. The van der Waals surface area contributed by atoms with E-state index in [2.05, 4.69) is 28.8 Å². The third-order valence-corrected chi connectivity index (χ3v) is 11.9. The second-order valence-electron chi connectivity index (χ2n) is 14.2. The average Bonchev–Trinajstić information content (AvgIpc) is 3.52. The predicted octanol–water partition coefficient (Wildman–Crippen LogP) is 6.46. The van der Waals surface area contributed by atoms with Gasteiger partial charge in [-0.2, -0.15) is 13.2 Å². The van der Waals surface area contributed by atoms with E-state index in [9.17, 15) is 32.3 Å². The lowest BCUT2D eigenvalue weighted by Crippen LogP contribution is -2.63. The Morgan fingerprint density at radius 2 is 1.75 bits per heavy atom. The van der Waals surface area contributed by atoms with Crippen LogP contribution in [0.1, 0.15) is 101 Å². The Labute approximate surface area is 284 Å². The predicted molar refractivity (Wildman–Crippen MR) is 175 cm³/mol. The third-order valence-electron chi connectivity index (χ3n) is 11.1. The number of halogens is 3. The van der Waals surface area contributed by atoms with Crippen molar-refractivity contribution in [2.75, 3.05) is 51.2 Å². The molecule has 14 heteroatoms. The number of piperidine rings is 2. The van der Waals surface area contributed by atoms with E-state index in [0.29, 0.717) is 24.9 Å². The fourth-order valence-electron chi connectivity index (χ4n) is 8.03. The summed E-state index contributed by atoms with van der Waals surface area (Å²) in [4.78, 5) is 56.1. The van der Waals surface area contributed by atoms with Crippen molar-refractivity contribution in [3.63, 3.8) is 0 Å². The molecule has 4 heterocycles. The average molecular weight is 699 g/mol. The van der Waals surface area contributed by atoms with Crippen LogP contribution in [0.5, 0.6) is 0 Å². The maximum atomic E-state index is 13.4. The van der Waals surface area contributed by atoms with Gasteiger partial charge >= 0.3 is 18.2 Å². The van der Waals surface area contributed by atoms with Gasteiger partial charge in [-0.25, -0.2) is 9.59 Å². The minimum absolute atomic E-state index is 0.128. The monoisotopic (exact) mass is 698 g/mol. The number of ether oxygens (including phenoxy) is 2. The lowest BCUT2D eigenvalue weighted by atomic mass is 9.74. The van der Waals surface area contributed by atoms with E-state index in [1.54, 1.807) is 16.3 Å². The summed E-state index contributed by atoms with van der Waals surface area (Å²) >= 11 is 1.07. The second kappa shape index (κ2) is 15.3. The van der Waals surface area contributed by atoms with Crippen LogP contribution < -0.4 is 5.32 Å². The number of nitrogens with zero attached hydrogens (tertiary/aromatic N) is 3. The molecule has 268 valence electrons. The Hall–Kier alpha value is -2.87. The van der Waals surface area contributed by atoms with Gasteiger partial charge in [0.2, 0.25) is 0 Å². The maximum Gasteiger partial charge on any atom is 0.490 e. The molecule has 0 aromatic carbocycles. The molecule has 1 unspecified atom stereocenters. The van der Waals surface area contributed by atoms with Crippen molar-refractivity contribution >= 4 is 40.2 Å². The Morgan fingerprint density at radius 1 is 1.06 bits per heavy atom. The topological polar surface area (TPSA) is 108 Å². The van der Waals surface area contributed by atoms with Crippen molar-refractivity contribution in [3.05, 3.63) is 17.0 Å². The van der Waals surface area contributed by atoms with E-state index in [-0.39, 0.29) is 28.1 Å². The van der Waals surface area contributed by atoms with Gasteiger partial charge in [0.1, 0.15) is 10.6 Å². The fourth-order valence-corrected chi connectivity index (χ4v) is 8.82. The van der Waals surface area contributed by atoms with Crippen LogP contribution in [-0.2, 0) is 19.1 Å². The number of nitrogens with one attached hydrogen (secondary N) is 1. The number of hydrogen-bond donors (Lipinski definition) is 1. The highest BCUT2D eigenvalue weighted by molar-refractivity contribution is 7.14. The minimum Gasteiger partial charge on any atom is -0.449 e. The van der Waals surface area contributed by atoms with Crippen LogP contribution in [0.15, 0.2) is 11.4 Å². The molecule has 1 aromatic rings. The molecule has 10 nitrogen and oxygen atoms in total. The number of carbonyl (C=O) groups is 4. The Morgan fingerprint density at radius 3 is 2.40 bits per heavy atom. The number of unbranched alkanes of at least 4 members (excludes halogenated alkanes) is 1. The van der Waals surface area contributed by atoms with E-state index in [0.717, 1.165) is 82.5 Å². The van der Waals surface area contributed by atoms with Crippen LogP contribution in [0, 0.1) is 11.8 Å².